The van der Waals surface area contributed by atoms with E-state index in [1.54, 1.807) is 0 Å². The standard InChI is InChI=1S/C55H92NO8P/c1-6-8-10-12-14-16-18-20-22-23-24-25-26-27-28-29-30-31-32-33-34-36-38-40-42-44-46-48-55(58)64-53(52-63-65(59,60)62-50-49-56(3,4)5)51-61-54(57)47-45-43-41-39-37-35-21-19-17-15-13-11-9-7-2/h8,10,14,16,19-22,24-25,27-28,30-31,33-34,38,40,53H,6-7,9,11-13,15,17-18,23,26,29,32,35-37,39,41-52H2,1-5H3/p+1/b10-8-,16-14-,21-19-,22-20-,25-24-,28-27-,31-30-,34-33-,40-38-. The van der Waals surface area contributed by atoms with Crippen LogP contribution in [0.5, 0.6) is 0 Å². The van der Waals surface area contributed by atoms with Gasteiger partial charge in [0.1, 0.15) is 19.8 Å². The molecule has 65 heavy (non-hydrogen) atoms. The van der Waals surface area contributed by atoms with E-state index < -0.39 is 32.5 Å². The normalized spacial score (nSPS) is 14.4. The molecule has 1 N–H and O–H groups in total. The van der Waals surface area contributed by atoms with Crippen molar-refractivity contribution >= 4 is 19.8 Å². The number of phosphoric acid groups is 1. The molecule has 0 saturated carbocycles. The first-order valence-corrected chi connectivity index (χ1v) is 26.6. The van der Waals surface area contributed by atoms with Crippen LogP contribution in [0, 0.1) is 0 Å². The zero-order valence-electron chi connectivity index (χ0n) is 41.7. The van der Waals surface area contributed by atoms with Gasteiger partial charge < -0.3 is 18.9 Å². The number of carbonyl (C=O) groups is 2. The molecular formula is C55H93NO8P+. The number of quaternary nitrogens is 1. The third kappa shape index (κ3) is 49.9. The van der Waals surface area contributed by atoms with Crippen molar-refractivity contribution in [2.24, 2.45) is 0 Å². The van der Waals surface area contributed by atoms with E-state index in [4.69, 9.17) is 18.5 Å². The van der Waals surface area contributed by atoms with Crippen LogP contribution in [0.4, 0.5) is 0 Å². The second-order valence-corrected chi connectivity index (χ2v) is 18.9. The van der Waals surface area contributed by atoms with Crippen LogP contribution in [-0.2, 0) is 32.7 Å². The Bertz CT molecular complexity index is 1470. The molecule has 0 rings (SSSR count). The van der Waals surface area contributed by atoms with Crippen LogP contribution in [-0.4, -0.2) is 74.9 Å². The molecule has 0 bridgehead atoms. The van der Waals surface area contributed by atoms with Gasteiger partial charge in [0.25, 0.3) is 0 Å². The Kier molecular flexibility index (Phi) is 43.5. The zero-order chi connectivity index (χ0) is 47.8. The van der Waals surface area contributed by atoms with E-state index in [1.165, 1.54) is 38.5 Å². The van der Waals surface area contributed by atoms with Gasteiger partial charge in [-0.1, -0.05) is 168 Å². The molecule has 2 atom stereocenters. The molecule has 0 aromatic carbocycles. The number of esters is 2. The van der Waals surface area contributed by atoms with E-state index >= 15 is 0 Å². The van der Waals surface area contributed by atoms with Crippen LogP contribution < -0.4 is 0 Å². The van der Waals surface area contributed by atoms with E-state index in [0.29, 0.717) is 23.9 Å². The minimum absolute atomic E-state index is 0.0155. The molecule has 0 saturated heterocycles. The van der Waals surface area contributed by atoms with Gasteiger partial charge in [-0.3, -0.25) is 18.6 Å². The second kappa shape index (κ2) is 45.8. The van der Waals surface area contributed by atoms with E-state index in [2.05, 4.69) is 123 Å². The molecular weight excluding hydrogens is 834 g/mol. The molecule has 0 aromatic heterocycles. The minimum Gasteiger partial charge on any atom is -0.462 e. The monoisotopic (exact) mass is 927 g/mol. The fourth-order valence-corrected chi connectivity index (χ4v) is 6.88. The van der Waals surface area contributed by atoms with Gasteiger partial charge in [-0.25, -0.2) is 4.57 Å². The Balaban J connectivity index is 4.39. The van der Waals surface area contributed by atoms with E-state index in [-0.39, 0.29) is 26.1 Å². The summed E-state index contributed by atoms with van der Waals surface area (Å²) in [6, 6.07) is 0. The van der Waals surface area contributed by atoms with Gasteiger partial charge in [-0.2, -0.15) is 0 Å². The van der Waals surface area contributed by atoms with Crippen molar-refractivity contribution in [3.8, 4) is 0 Å². The number of phosphoric ester groups is 1. The number of likely N-dealkylation sites (N-methyl/N-ethyl adjacent to an activating group) is 1. The number of rotatable bonds is 44. The highest BCUT2D eigenvalue weighted by Gasteiger charge is 2.27. The number of allylic oxidation sites excluding steroid dienone is 18. The average molecular weight is 927 g/mol. The van der Waals surface area contributed by atoms with Crippen LogP contribution in [0.1, 0.15) is 174 Å². The summed E-state index contributed by atoms with van der Waals surface area (Å²) in [5, 5.41) is 0. The Morgan fingerprint density at radius 1 is 0.492 bits per heavy atom. The summed E-state index contributed by atoms with van der Waals surface area (Å²) in [5.74, 6) is -0.869. The molecule has 0 amide bonds. The van der Waals surface area contributed by atoms with Gasteiger partial charge in [-0.05, 0) is 103 Å². The van der Waals surface area contributed by atoms with Gasteiger partial charge in [0.2, 0.25) is 0 Å². The molecule has 2 unspecified atom stereocenters. The first-order valence-electron chi connectivity index (χ1n) is 25.1. The van der Waals surface area contributed by atoms with Crippen molar-refractivity contribution < 1.29 is 42.1 Å². The summed E-state index contributed by atoms with van der Waals surface area (Å²) in [6.07, 6.45) is 62.9. The summed E-state index contributed by atoms with van der Waals surface area (Å²) < 4.78 is 34.3. The number of ether oxygens (including phenoxy) is 2. The predicted octanol–water partition coefficient (Wildman–Crippen LogP) is 15.1. The summed E-state index contributed by atoms with van der Waals surface area (Å²) in [5.41, 5.74) is 0. The Hall–Kier alpha value is -3.33. The molecule has 0 fully saturated rings. The molecule has 370 valence electrons. The third-order valence-corrected chi connectivity index (χ3v) is 11.0. The summed E-state index contributed by atoms with van der Waals surface area (Å²) in [4.78, 5) is 35.5. The molecule has 0 aliphatic heterocycles. The first kappa shape index (κ1) is 61.7. The van der Waals surface area contributed by atoms with Crippen molar-refractivity contribution in [3.63, 3.8) is 0 Å². The van der Waals surface area contributed by atoms with Crippen molar-refractivity contribution in [2.45, 2.75) is 180 Å². The SMILES string of the molecule is CC/C=C\C/C=C\C/C=C\C/C=C\C/C=C\C/C=C\C/C=C\C/C=C\CCCCC(=O)OC(COC(=O)CCCCCCC/C=C\CCCCCCC)COP(=O)(O)OCC[N+](C)(C)C. The number of unbranched alkanes of at least 4 members (excludes halogenated alkanes) is 12. The lowest BCUT2D eigenvalue weighted by Crippen LogP contribution is -2.37. The maximum Gasteiger partial charge on any atom is 0.472 e. The second-order valence-electron chi connectivity index (χ2n) is 17.5. The summed E-state index contributed by atoms with van der Waals surface area (Å²) in [6.45, 7) is 4.22. The highest BCUT2D eigenvalue weighted by Crippen LogP contribution is 2.43. The summed E-state index contributed by atoms with van der Waals surface area (Å²) >= 11 is 0. The van der Waals surface area contributed by atoms with Gasteiger partial charge in [0.05, 0.1) is 27.7 Å². The van der Waals surface area contributed by atoms with Gasteiger partial charge >= 0.3 is 19.8 Å². The van der Waals surface area contributed by atoms with Crippen LogP contribution in [0.25, 0.3) is 0 Å². The Morgan fingerprint density at radius 3 is 1.35 bits per heavy atom. The van der Waals surface area contributed by atoms with Gasteiger partial charge in [0.15, 0.2) is 6.10 Å². The van der Waals surface area contributed by atoms with Crippen LogP contribution in [0.15, 0.2) is 109 Å². The Morgan fingerprint density at radius 2 is 0.877 bits per heavy atom. The van der Waals surface area contributed by atoms with Crippen LogP contribution in [0.3, 0.4) is 0 Å². The fourth-order valence-electron chi connectivity index (χ4n) is 6.14. The lowest BCUT2D eigenvalue weighted by molar-refractivity contribution is -0.870. The number of nitrogens with zero attached hydrogens (tertiary/aromatic N) is 1. The fraction of sp³-hybridized carbons (Fsp3) is 0.636. The largest absolute Gasteiger partial charge is 0.472 e. The minimum atomic E-state index is -4.40. The zero-order valence-corrected chi connectivity index (χ0v) is 42.6. The first-order chi connectivity index (χ1) is 31.5. The predicted molar refractivity (Wildman–Crippen MR) is 275 cm³/mol. The summed E-state index contributed by atoms with van der Waals surface area (Å²) in [7, 11) is 1.42. The quantitative estimate of drug-likeness (QED) is 0.0212. The maximum absolute atomic E-state index is 12.7. The van der Waals surface area contributed by atoms with Crippen molar-refractivity contribution in [2.75, 3.05) is 47.5 Å². The molecule has 0 heterocycles. The molecule has 0 spiro atoms. The molecule has 0 aromatic rings. The van der Waals surface area contributed by atoms with E-state index in [1.807, 2.05) is 21.1 Å². The molecule has 0 radical (unpaired) electrons. The smallest absolute Gasteiger partial charge is 0.462 e. The number of hydrogen-bond donors (Lipinski definition) is 1. The highest BCUT2D eigenvalue weighted by molar-refractivity contribution is 7.47. The number of carbonyl (C=O) groups excluding carboxylic acids is 2. The molecule has 10 heteroatoms. The topological polar surface area (TPSA) is 108 Å². The van der Waals surface area contributed by atoms with Crippen molar-refractivity contribution in [1.29, 1.82) is 0 Å². The highest BCUT2D eigenvalue weighted by atomic mass is 31.2. The van der Waals surface area contributed by atoms with Crippen molar-refractivity contribution in [3.05, 3.63) is 109 Å². The van der Waals surface area contributed by atoms with Gasteiger partial charge in [0, 0.05) is 12.8 Å². The molecule has 0 aliphatic carbocycles. The number of hydrogen-bond acceptors (Lipinski definition) is 7. The Labute approximate surface area is 397 Å². The van der Waals surface area contributed by atoms with Gasteiger partial charge in [-0.15, -0.1) is 0 Å². The lowest BCUT2D eigenvalue weighted by atomic mass is 10.1. The lowest BCUT2D eigenvalue weighted by Gasteiger charge is -2.24. The molecule has 9 nitrogen and oxygen atoms in total. The van der Waals surface area contributed by atoms with E-state index in [0.717, 1.165) is 96.3 Å². The van der Waals surface area contributed by atoms with Crippen molar-refractivity contribution in [1.82, 2.24) is 0 Å². The van der Waals surface area contributed by atoms with E-state index in [9.17, 15) is 19.0 Å². The van der Waals surface area contributed by atoms with Crippen LogP contribution in [0.2, 0.25) is 0 Å². The average Bonchev–Trinajstić information content (AvgIpc) is 3.26. The third-order valence-electron chi connectivity index (χ3n) is 10.0. The maximum atomic E-state index is 12.7. The molecule has 0 aliphatic rings. The van der Waals surface area contributed by atoms with Crippen LogP contribution >= 0.6 is 7.82 Å².